The number of para-hydroxylation sites is 1. The molecule has 0 radical (unpaired) electrons. The molecule has 0 spiro atoms. The molecule has 0 unspecified atom stereocenters. The smallest absolute Gasteiger partial charge is 0.341 e. The predicted octanol–water partition coefficient (Wildman–Crippen LogP) is 3.35. The first-order valence-electron chi connectivity index (χ1n) is 12.3. The number of rotatable bonds is 8. The van der Waals surface area contributed by atoms with Gasteiger partial charge in [0, 0.05) is 5.69 Å². The molecular formula is C30H25N3O6S. The minimum atomic E-state index is -1.07. The fourth-order valence-corrected chi connectivity index (χ4v) is 5.46. The standard InChI is InChI=1S/C30H25N3O6S/c1-18-26(28(36)32-21-8-4-3-5-9-21)27(20-7-6-10-23(16-20)38-2)33-29(37)24(40-30(33)31-18)15-19-11-13-22(14-12-19)39-17-25(34)35/h3-16,27H,17H2,1-2H3,(H,32,36)(H,34,35)/b24-15+/t27-/m0/s1. The summed E-state index contributed by atoms with van der Waals surface area (Å²) < 4.78 is 12.6. The van der Waals surface area contributed by atoms with Crippen molar-refractivity contribution in [3.8, 4) is 11.5 Å². The number of aromatic nitrogens is 1. The van der Waals surface area contributed by atoms with E-state index in [1.165, 1.54) is 11.3 Å². The summed E-state index contributed by atoms with van der Waals surface area (Å²) in [6, 6.07) is 22.4. The molecule has 0 aliphatic carbocycles. The van der Waals surface area contributed by atoms with E-state index in [1.807, 2.05) is 36.4 Å². The van der Waals surface area contributed by atoms with E-state index in [-0.39, 0.29) is 11.5 Å². The summed E-state index contributed by atoms with van der Waals surface area (Å²) in [5.74, 6) is -0.416. The maximum absolute atomic E-state index is 13.8. The predicted molar refractivity (Wildman–Crippen MR) is 151 cm³/mol. The van der Waals surface area contributed by atoms with Crippen LogP contribution < -0.4 is 29.7 Å². The van der Waals surface area contributed by atoms with Crippen molar-refractivity contribution in [1.29, 1.82) is 0 Å². The van der Waals surface area contributed by atoms with Crippen LogP contribution in [0.2, 0.25) is 0 Å². The number of carboxylic acids is 1. The number of aliphatic carboxylic acids is 1. The van der Waals surface area contributed by atoms with Gasteiger partial charge in [-0.15, -0.1) is 0 Å². The second-order valence-electron chi connectivity index (χ2n) is 8.93. The maximum atomic E-state index is 13.8. The van der Waals surface area contributed by atoms with Crippen molar-refractivity contribution in [2.45, 2.75) is 13.0 Å². The van der Waals surface area contributed by atoms with E-state index < -0.39 is 18.6 Å². The highest BCUT2D eigenvalue weighted by Gasteiger charge is 2.32. The summed E-state index contributed by atoms with van der Waals surface area (Å²) >= 11 is 1.23. The van der Waals surface area contributed by atoms with Gasteiger partial charge in [0.2, 0.25) is 0 Å². The molecule has 2 N–H and O–H groups in total. The van der Waals surface area contributed by atoms with Crippen molar-refractivity contribution in [2.75, 3.05) is 19.0 Å². The quantitative estimate of drug-likeness (QED) is 0.344. The third-order valence-corrected chi connectivity index (χ3v) is 7.23. The molecule has 3 aromatic carbocycles. The van der Waals surface area contributed by atoms with Gasteiger partial charge in [-0.25, -0.2) is 9.79 Å². The first-order chi connectivity index (χ1) is 19.3. The summed E-state index contributed by atoms with van der Waals surface area (Å²) in [5.41, 5.74) is 2.64. The number of carboxylic acid groups (broad SMARTS) is 1. The molecule has 40 heavy (non-hydrogen) atoms. The number of allylic oxidation sites excluding steroid dienone is 1. The fraction of sp³-hybridized carbons (Fsp3) is 0.133. The van der Waals surface area contributed by atoms with Gasteiger partial charge in [0.15, 0.2) is 11.4 Å². The van der Waals surface area contributed by atoms with Gasteiger partial charge in [-0.3, -0.25) is 14.2 Å². The number of nitrogens with one attached hydrogen (secondary N) is 1. The van der Waals surface area contributed by atoms with Crippen molar-refractivity contribution < 1.29 is 24.2 Å². The Hall–Kier alpha value is -4.96. The number of anilines is 1. The molecular weight excluding hydrogens is 530 g/mol. The van der Waals surface area contributed by atoms with Crippen molar-refractivity contribution in [3.05, 3.63) is 121 Å². The number of methoxy groups -OCH3 is 1. The maximum Gasteiger partial charge on any atom is 0.341 e. The Morgan fingerprint density at radius 2 is 1.80 bits per heavy atom. The minimum Gasteiger partial charge on any atom is -0.497 e. The highest BCUT2D eigenvalue weighted by Crippen LogP contribution is 2.32. The van der Waals surface area contributed by atoms with Crippen LogP contribution in [0.3, 0.4) is 0 Å². The lowest BCUT2D eigenvalue weighted by molar-refractivity contribution is -0.139. The van der Waals surface area contributed by atoms with Crippen LogP contribution in [0, 0.1) is 0 Å². The van der Waals surface area contributed by atoms with Gasteiger partial charge in [-0.2, -0.15) is 0 Å². The Labute approximate surface area is 233 Å². The zero-order chi connectivity index (χ0) is 28.2. The molecule has 0 fully saturated rings. The van der Waals surface area contributed by atoms with Crippen LogP contribution in [-0.4, -0.2) is 35.3 Å². The second-order valence-corrected chi connectivity index (χ2v) is 9.94. The van der Waals surface area contributed by atoms with E-state index >= 15 is 0 Å². The van der Waals surface area contributed by atoms with E-state index in [0.29, 0.717) is 43.4 Å². The molecule has 1 aliphatic rings. The molecule has 0 saturated carbocycles. The van der Waals surface area contributed by atoms with E-state index in [1.54, 1.807) is 67.1 Å². The Balaban J connectivity index is 1.59. The number of hydrogen-bond donors (Lipinski definition) is 2. The Morgan fingerprint density at radius 3 is 2.50 bits per heavy atom. The highest BCUT2D eigenvalue weighted by atomic mass is 32.1. The molecule has 0 bridgehead atoms. The molecule has 10 heteroatoms. The lowest BCUT2D eigenvalue weighted by Gasteiger charge is -2.25. The Morgan fingerprint density at radius 1 is 1.05 bits per heavy atom. The Kier molecular flexibility index (Phi) is 7.61. The number of amides is 1. The number of carbonyl (C=O) groups excluding carboxylic acids is 1. The third-order valence-electron chi connectivity index (χ3n) is 6.25. The van der Waals surface area contributed by atoms with Crippen LogP contribution in [0.1, 0.15) is 24.1 Å². The molecule has 1 aliphatic heterocycles. The van der Waals surface area contributed by atoms with Crippen LogP contribution in [0.25, 0.3) is 6.08 Å². The second kappa shape index (κ2) is 11.4. The van der Waals surface area contributed by atoms with Crippen molar-refractivity contribution in [2.24, 2.45) is 4.99 Å². The first kappa shape index (κ1) is 26.6. The fourth-order valence-electron chi connectivity index (χ4n) is 4.42. The van der Waals surface area contributed by atoms with Crippen LogP contribution in [-0.2, 0) is 9.59 Å². The molecule has 4 aromatic rings. The molecule has 1 atom stereocenters. The zero-order valence-corrected chi connectivity index (χ0v) is 22.5. The molecule has 2 heterocycles. The summed E-state index contributed by atoms with van der Waals surface area (Å²) in [5, 5.41) is 11.7. The van der Waals surface area contributed by atoms with Gasteiger partial charge in [0.05, 0.1) is 29.0 Å². The molecule has 202 valence electrons. The van der Waals surface area contributed by atoms with Crippen molar-refractivity contribution in [3.63, 3.8) is 0 Å². The monoisotopic (exact) mass is 555 g/mol. The average molecular weight is 556 g/mol. The normalized spacial score (nSPS) is 14.8. The van der Waals surface area contributed by atoms with Crippen LogP contribution in [0.15, 0.2) is 99.9 Å². The molecule has 1 amide bonds. The summed E-state index contributed by atoms with van der Waals surface area (Å²) in [6.45, 7) is 1.32. The number of thiazole rings is 1. The molecule has 0 saturated heterocycles. The number of nitrogens with zero attached hydrogens (tertiary/aromatic N) is 2. The van der Waals surface area contributed by atoms with Crippen LogP contribution >= 0.6 is 11.3 Å². The number of ether oxygens (including phenoxy) is 2. The summed E-state index contributed by atoms with van der Waals surface area (Å²) in [7, 11) is 1.56. The largest absolute Gasteiger partial charge is 0.497 e. The van der Waals surface area contributed by atoms with Crippen LogP contribution in [0.4, 0.5) is 5.69 Å². The van der Waals surface area contributed by atoms with Gasteiger partial charge in [0.1, 0.15) is 11.5 Å². The van der Waals surface area contributed by atoms with Gasteiger partial charge in [-0.05, 0) is 60.5 Å². The van der Waals surface area contributed by atoms with Crippen molar-refractivity contribution in [1.82, 2.24) is 4.57 Å². The molecule has 9 nitrogen and oxygen atoms in total. The van der Waals surface area contributed by atoms with E-state index in [0.717, 1.165) is 5.56 Å². The summed E-state index contributed by atoms with van der Waals surface area (Å²) in [6.07, 6.45) is 1.73. The van der Waals surface area contributed by atoms with Gasteiger partial charge in [-0.1, -0.05) is 53.8 Å². The topological polar surface area (TPSA) is 119 Å². The van der Waals surface area contributed by atoms with Gasteiger partial charge >= 0.3 is 5.97 Å². The van der Waals surface area contributed by atoms with E-state index in [9.17, 15) is 14.4 Å². The Bertz CT molecular complexity index is 1790. The zero-order valence-electron chi connectivity index (χ0n) is 21.7. The number of benzene rings is 3. The number of fused-ring (bicyclic) bond motifs is 1. The molecule has 5 rings (SSSR count). The third kappa shape index (κ3) is 5.57. The van der Waals surface area contributed by atoms with Gasteiger partial charge in [0.25, 0.3) is 11.5 Å². The number of hydrogen-bond acceptors (Lipinski definition) is 7. The lowest BCUT2D eigenvalue weighted by Crippen LogP contribution is -2.40. The minimum absolute atomic E-state index is 0.291. The van der Waals surface area contributed by atoms with E-state index in [2.05, 4.69) is 10.3 Å². The van der Waals surface area contributed by atoms with Crippen molar-refractivity contribution >= 4 is 35.0 Å². The first-order valence-corrected chi connectivity index (χ1v) is 13.1. The lowest BCUT2D eigenvalue weighted by atomic mass is 9.95. The van der Waals surface area contributed by atoms with E-state index in [4.69, 9.17) is 14.6 Å². The average Bonchev–Trinajstić information content (AvgIpc) is 3.26. The summed E-state index contributed by atoms with van der Waals surface area (Å²) in [4.78, 5) is 43.4. The molecule has 1 aromatic heterocycles. The number of carbonyl (C=O) groups is 2. The SMILES string of the molecule is COc1cccc([C@H]2C(C(=O)Nc3ccccc3)=C(C)N=c3s/c(=C/c4ccc(OCC(=O)O)cc4)c(=O)n32)c1. The van der Waals surface area contributed by atoms with Crippen LogP contribution in [0.5, 0.6) is 11.5 Å². The van der Waals surface area contributed by atoms with Gasteiger partial charge < -0.3 is 19.9 Å². The highest BCUT2D eigenvalue weighted by molar-refractivity contribution is 7.07.